The molecule has 3 fully saturated rings. The molecule has 1 unspecified atom stereocenters. The molecule has 3 saturated heterocycles. The molecule has 6 nitrogen and oxygen atoms in total. The van der Waals surface area contributed by atoms with Crippen LogP contribution in [0.1, 0.15) is 46.0 Å². The summed E-state index contributed by atoms with van der Waals surface area (Å²) in [4.78, 5) is 27.3. The molecule has 1 atom stereocenters. The SMILES string of the molecule is CC1(C)CC2(CCCN(C3CCN(C(=O)O)CC3)C2)C(=O)O1. The quantitative estimate of drug-likeness (QED) is 0.750. The number of hydrogen-bond acceptors (Lipinski definition) is 4. The molecule has 3 aliphatic rings. The van der Waals surface area contributed by atoms with E-state index in [0.29, 0.717) is 19.1 Å². The topological polar surface area (TPSA) is 70.1 Å². The molecule has 0 saturated carbocycles. The van der Waals surface area contributed by atoms with Crippen molar-refractivity contribution in [3.63, 3.8) is 0 Å². The van der Waals surface area contributed by atoms with Crippen molar-refractivity contribution in [2.75, 3.05) is 26.2 Å². The van der Waals surface area contributed by atoms with E-state index in [1.54, 1.807) is 0 Å². The largest absolute Gasteiger partial charge is 0.465 e. The van der Waals surface area contributed by atoms with Gasteiger partial charge in [0.1, 0.15) is 5.60 Å². The predicted molar refractivity (Wildman–Crippen MR) is 80.6 cm³/mol. The summed E-state index contributed by atoms with van der Waals surface area (Å²) in [5.41, 5.74) is -0.696. The van der Waals surface area contributed by atoms with Crippen molar-refractivity contribution in [3.8, 4) is 0 Å². The molecule has 1 amide bonds. The molecule has 3 aliphatic heterocycles. The first-order valence-corrected chi connectivity index (χ1v) is 8.27. The molecular formula is C16H26N2O4. The number of cyclic esters (lactones) is 1. The first-order chi connectivity index (χ1) is 10.3. The molecule has 0 aliphatic carbocycles. The average molecular weight is 310 g/mol. The Balaban J connectivity index is 1.65. The fourth-order valence-corrected chi connectivity index (χ4v) is 4.49. The summed E-state index contributed by atoms with van der Waals surface area (Å²) in [5.74, 6) is -0.0369. The Kier molecular flexibility index (Phi) is 3.83. The number of carbonyl (C=O) groups is 2. The van der Waals surface area contributed by atoms with Gasteiger partial charge in [0.25, 0.3) is 0 Å². The second-order valence-corrected chi connectivity index (χ2v) is 7.68. The second-order valence-electron chi connectivity index (χ2n) is 7.68. The predicted octanol–water partition coefficient (Wildman–Crippen LogP) is 1.94. The van der Waals surface area contributed by atoms with Crippen LogP contribution in [0.3, 0.4) is 0 Å². The van der Waals surface area contributed by atoms with Gasteiger partial charge in [-0.25, -0.2) is 4.79 Å². The molecule has 124 valence electrons. The van der Waals surface area contributed by atoms with E-state index in [4.69, 9.17) is 9.84 Å². The van der Waals surface area contributed by atoms with Gasteiger partial charge in [-0.05, 0) is 46.1 Å². The zero-order valence-electron chi connectivity index (χ0n) is 13.5. The number of carboxylic acid groups (broad SMARTS) is 1. The van der Waals surface area contributed by atoms with E-state index in [1.807, 2.05) is 13.8 Å². The van der Waals surface area contributed by atoms with E-state index in [0.717, 1.165) is 45.2 Å². The third kappa shape index (κ3) is 2.81. The van der Waals surface area contributed by atoms with Crippen LogP contribution in [0.15, 0.2) is 0 Å². The van der Waals surface area contributed by atoms with Crippen LogP contribution in [0.4, 0.5) is 4.79 Å². The van der Waals surface area contributed by atoms with Crippen LogP contribution in [0.25, 0.3) is 0 Å². The van der Waals surface area contributed by atoms with E-state index in [-0.39, 0.29) is 17.0 Å². The van der Waals surface area contributed by atoms with Gasteiger partial charge < -0.3 is 14.7 Å². The Morgan fingerprint density at radius 2 is 1.95 bits per heavy atom. The number of hydrogen-bond donors (Lipinski definition) is 1. The van der Waals surface area contributed by atoms with Gasteiger partial charge in [0.15, 0.2) is 0 Å². The number of carbonyl (C=O) groups excluding carboxylic acids is 1. The van der Waals surface area contributed by atoms with Crippen molar-refractivity contribution in [2.45, 2.75) is 57.6 Å². The number of nitrogens with zero attached hydrogens (tertiary/aromatic N) is 2. The van der Waals surface area contributed by atoms with E-state index in [9.17, 15) is 9.59 Å². The molecule has 0 aromatic carbocycles. The van der Waals surface area contributed by atoms with Crippen LogP contribution in [0, 0.1) is 5.41 Å². The molecule has 1 N–H and O–H groups in total. The first kappa shape index (κ1) is 15.6. The number of esters is 1. The Morgan fingerprint density at radius 3 is 2.50 bits per heavy atom. The number of ether oxygens (including phenoxy) is 1. The molecular weight excluding hydrogens is 284 g/mol. The van der Waals surface area contributed by atoms with Crippen LogP contribution >= 0.6 is 0 Å². The van der Waals surface area contributed by atoms with Crippen molar-refractivity contribution < 1.29 is 19.4 Å². The number of likely N-dealkylation sites (tertiary alicyclic amines) is 2. The zero-order valence-corrected chi connectivity index (χ0v) is 13.5. The third-order valence-corrected chi connectivity index (χ3v) is 5.42. The van der Waals surface area contributed by atoms with E-state index in [2.05, 4.69) is 4.90 Å². The molecule has 0 bridgehead atoms. The van der Waals surface area contributed by atoms with Crippen LogP contribution in [0.2, 0.25) is 0 Å². The summed E-state index contributed by atoms with van der Waals surface area (Å²) >= 11 is 0. The van der Waals surface area contributed by atoms with Crippen LogP contribution in [-0.4, -0.2) is 64.8 Å². The van der Waals surface area contributed by atoms with Crippen LogP contribution < -0.4 is 0 Å². The molecule has 0 aromatic heterocycles. The van der Waals surface area contributed by atoms with Gasteiger partial charge in [-0.3, -0.25) is 9.69 Å². The maximum Gasteiger partial charge on any atom is 0.407 e. The van der Waals surface area contributed by atoms with Gasteiger partial charge in [-0.2, -0.15) is 0 Å². The molecule has 3 heterocycles. The highest BCUT2D eigenvalue weighted by Crippen LogP contribution is 2.46. The first-order valence-electron chi connectivity index (χ1n) is 8.27. The molecule has 6 heteroatoms. The van der Waals surface area contributed by atoms with Crippen LogP contribution in [0.5, 0.6) is 0 Å². The van der Waals surface area contributed by atoms with E-state index in [1.165, 1.54) is 4.90 Å². The van der Waals surface area contributed by atoms with Crippen molar-refractivity contribution in [2.24, 2.45) is 5.41 Å². The fourth-order valence-electron chi connectivity index (χ4n) is 4.49. The summed E-state index contributed by atoms with van der Waals surface area (Å²) in [6.07, 6.45) is 3.63. The lowest BCUT2D eigenvalue weighted by molar-refractivity contribution is -0.154. The molecule has 0 aromatic rings. The molecule has 3 rings (SSSR count). The highest BCUT2D eigenvalue weighted by molar-refractivity contribution is 5.80. The number of amides is 1. The third-order valence-electron chi connectivity index (χ3n) is 5.42. The fraction of sp³-hybridized carbons (Fsp3) is 0.875. The standard InChI is InChI=1S/C16H26N2O4/c1-15(2)10-16(13(19)22-15)6-3-7-18(11-16)12-4-8-17(9-5-12)14(20)21/h12H,3-11H2,1-2H3,(H,20,21). The molecule has 22 heavy (non-hydrogen) atoms. The smallest absolute Gasteiger partial charge is 0.407 e. The number of rotatable bonds is 1. The Hall–Kier alpha value is -1.30. The lowest BCUT2D eigenvalue weighted by atomic mass is 9.74. The maximum absolute atomic E-state index is 12.4. The van der Waals surface area contributed by atoms with Crippen molar-refractivity contribution in [3.05, 3.63) is 0 Å². The Labute approximate surface area is 131 Å². The maximum atomic E-state index is 12.4. The van der Waals surface area contributed by atoms with Crippen molar-refractivity contribution in [1.29, 1.82) is 0 Å². The highest BCUT2D eigenvalue weighted by Gasteiger charge is 2.54. The van der Waals surface area contributed by atoms with Crippen molar-refractivity contribution in [1.82, 2.24) is 9.80 Å². The van der Waals surface area contributed by atoms with E-state index >= 15 is 0 Å². The zero-order chi connectivity index (χ0) is 16.0. The van der Waals surface area contributed by atoms with Gasteiger partial charge in [0.05, 0.1) is 5.41 Å². The minimum absolute atomic E-state index is 0.0369. The van der Waals surface area contributed by atoms with Crippen LogP contribution in [-0.2, 0) is 9.53 Å². The van der Waals surface area contributed by atoms with Gasteiger partial charge in [-0.1, -0.05) is 0 Å². The summed E-state index contributed by atoms with van der Waals surface area (Å²) < 4.78 is 5.57. The lowest BCUT2D eigenvalue weighted by Gasteiger charge is -2.44. The van der Waals surface area contributed by atoms with Crippen molar-refractivity contribution >= 4 is 12.1 Å². The second kappa shape index (κ2) is 5.41. The minimum Gasteiger partial charge on any atom is -0.465 e. The summed E-state index contributed by atoms with van der Waals surface area (Å²) in [6.45, 7) is 6.95. The monoisotopic (exact) mass is 310 g/mol. The summed E-state index contributed by atoms with van der Waals surface area (Å²) in [6, 6.07) is 0.393. The normalized spacial score (nSPS) is 33.2. The highest BCUT2D eigenvalue weighted by atomic mass is 16.6. The minimum atomic E-state index is -0.824. The van der Waals surface area contributed by atoms with Gasteiger partial charge in [0.2, 0.25) is 0 Å². The summed E-state index contributed by atoms with van der Waals surface area (Å²) in [7, 11) is 0. The van der Waals surface area contributed by atoms with Gasteiger partial charge >= 0.3 is 12.1 Å². The average Bonchev–Trinajstić information content (AvgIpc) is 2.67. The van der Waals surface area contributed by atoms with Gasteiger partial charge in [-0.15, -0.1) is 0 Å². The Bertz CT molecular complexity index is 471. The number of piperidine rings is 2. The lowest BCUT2D eigenvalue weighted by Crippen LogP contribution is -2.53. The Morgan fingerprint density at radius 1 is 1.27 bits per heavy atom. The molecule has 1 spiro atoms. The summed E-state index contributed by atoms with van der Waals surface area (Å²) in [5, 5.41) is 9.05. The molecule has 0 radical (unpaired) electrons. The van der Waals surface area contributed by atoms with Gasteiger partial charge in [0, 0.05) is 32.1 Å². The van der Waals surface area contributed by atoms with E-state index < -0.39 is 6.09 Å².